The van der Waals surface area contributed by atoms with Crippen molar-refractivity contribution in [1.82, 2.24) is 14.5 Å². The third-order valence-electron chi connectivity index (χ3n) is 4.28. The summed E-state index contributed by atoms with van der Waals surface area (Å²) < 4.78 is 3.03. The lowest BCUT2D eigenvalue weighted by Crippen LogP contribution is -2.43. The fourth-order valence-electron chi connectivity index (χ4n) is 2.97. The molecule has 1 aromatic carbocycles. The van der Waals surface area contributed by atoms with Crippen molar-refractivity contribution in [3.05, 3.63) is 52.5 Å². The van der Waals surface area contributed by atoms with Crippen molar-refractivity contribution in [2.45, 2.75) is 25.4 Å². The Morgan fingerprint density at radius 3 is 2.71 bits per heavy atom. The van der Waals surface area contributed by atoms with Crippen LogP contribution in [-0.2, 0) is 11.3 Å². The van der Waals surface area contributed by atoms with Crippen molar-refractivity contribution >= 4 is 21.8 Å². The minimum Gasteiger partial charge on any atom is -0.334 e. The summed E-state index contributed by atoms with van der Waals surface area (Å²) in [6.07, 6.45) is 6.16. The third-order valence-corrected chi connectivity index (χ3v) is 4.81. The zero-order valence-corrected chi connectivity index (χ0v) is 13.2. The van der Waals surface area contributed by atoms with Gasteiger partial charge >= 0.3 is 0 Å². The van der Waals surface area contributed by atoms with Gasteiger partial charge in [-0.25, -0.2) is 4.98 Å². The van der Waals surface area contributed by atoms with E-state index in [-0.39, 0.29) is 11.9 Å². The number of amides is 1. The molecule has 0 spiro atoms. The predicted octanol–water partition coefficient (Wildman–Crippen LogP) is 2.99. The molecule has 1 aromatic heterocycles. The van der Waals surface area contributed by atoms with Crippen molar-refractivity contribution in [3.63, 3.8) is 0 Å². The lowest BCUT2D eigenvalue weighted by molar-refractivity contribution is -0.136. The van der Waals surface area contributed by atoms with Crippen LogP contribution in [0.15, 0.2) is 41.3 Å². The second-order valence-corrected chi connectivity index (χ2v) is 6.82. The van der Waals surface area contributed by atoms with E-state index in [0.717, 1.165) is 22.3 Å². The highest BCUT2D eigenvalue weighted by molar-refractivity contribution is 9.10. The minimum atomic E-state index is -0.275. The molecule has 0 bridgehead atoms. The quantitative estimate of drug-likeness (QED) is 0.857. The summed E-state index contributed by atoms with van der Waals surface area (Å²) in [5, 5.41) is 0. The monoisotopic (exact) mass is 345 g/mol. The molecule has 2 heterocycles. The molecule has 4 rings (SSSR count). The van der Waals surface area contributed by atoms with E-state index in [4.69, 9.17) is 0 Å². The summed E-state index contributed by atoms with van der Waals surface area (Å²) in [6.45, 7) is 1.57. The third kappa shape index (κ3) is 2.39. The Balaban J connectivity index is 1.72. The maximum absolute atomic E-state index is 12.9. The highest BCUT2D eigenvalue weighted by Gasteiger charge is 2.36. The smallest absolute Gasteiger partial charge is 0.250 e. The minimum absolute atomic E-state index is 0.190. The van der Waals surface area contributed by atoms with Crippen LogP contribution in [0.25, 0.3) is 0 Å². The zero-order chi connectivity index (χ0) is 14.4. The molecule has 2 aromatic rings. The number of carbonyl (C=O) groups is 1. The highest BCUT2D eigenvalue weighted by Crippen LogP contribution is 2.34. The Labute approximate surface area is 131 Å². The van der Waals surface area contributed by atoms with Crippen molar-refractivity contribution < 1.29 is 4.79 Å². The summed E-state index contributed by atoms with van der Waals surface area (Å²) in [7, 11) is 0. The van der Waals surface area contributed by atoms with Crippen LogP contribution in [0, 0.1) is 5.92 Å². The molecular formula is C16H16BrN3O. The molecule has 21 heavy (non-hydrogen) atoms. The summed E-state index contributed by atoms with van der Waals surface area (Å²) in [4.78, 5) is 19.1. The molecule has 5 heteroatoms. The Kier molecular flexibility index (Phi) is 3.10. The van der Waals surface area contributed by atoms with E-state index >= 15 is 0 Å². The van der Waals surface area contributed by atoms with Crippen molar-refractivity contribution in [2.24, 2.45) is 5.92 Å². The highest BCUT2D eigenvalue weighted by atomic mass is 79.9. The van der Waals surface area contributed by atoms with Crippen LogP contribution in [0.3, 0.4) is 0 Å². The number of aromatic nitrogens is 2. The number of carbonyl (C=O) groups excluding carboxylic acids is 1. The molecule has 0 saturated heterocycles. The fourth-order valence-corrected chi connectivity index (χ4v) is 3.23. The molecule has 1 aliphatic carbocycles. The van der Waals surface area contributed by atoms with Crippen LogP contribution in [0.2, 0.25) is 0 Å². The first-order chi connectivity index (χ1) is 10.2. The number of nitrogens with zero attached hydrogens (tertiary/aromatic N) is 3. The number of imidazole rings is 1. The molecule has 1 saturated carbocycles. The molecule has 0 N–H and O–H groups in total. The van der Waals surface area contributed by atoms with Gasteiger partial charge in [0.1, 0.15) is 6.04 Å². The summed E-state index contributed by atoms with van der Waals surface area (Å²) >= 11 is 3.45. The van der Waals surface area contributed by atoms with Crippen LogP contribution >= 0.6 is 15.9 Å². The molecule has 4 nitrogen and oxygen atoms in total. The Morgan fingerprint density at radius 2 is 2.00 bits per heavy atom. The largest absolute Gasteiger partial charge is 0.334 e. The van der Waals surface area contributed by atoms with Gasteiger partial charge in [0.05, 0.1) is 18.6 Å². The number of rotatable bonds is 3. The van der Waals surface area contributed by atoms with E-state index in [1.807, 2.05) is 39.9 Å². The lowest BCUT2D eigenvalue weighted by atomic mass is 10.0. The zero-order valence-electron chi connectivity index (χ0n) is 11.6. The average molecular weight is 346 g/mol. The van der Waals surface area contributed by atoms with E-state index in [1.54, 1.807) is 6.33 Å². The lowest BCUT2D eigenvalue weighted by Gasteiger charge is -2.34. The van der Waals surface area contributed by atoms with Crippen molar-refractivity contribution in [1.29, 1.82) is 0 Å². The van der Waals surface area contributed by atoms with Crippen molar-refractivity contribution in [2.75, 3.05) is 6.54 Å². The molecule has 1 amide bonds. The molecular weight excluding hydrogens is 330 g/mol. The van der Waals surface area contributed by atoms with Gasteiger partial charge in [-0.1, -0.05) is 28.1 Å². The van der Waals surface area contributed by atoms with Gasteiger partial charge in [-0.2, -0.15) is 0 Å². The van der Waals surface area contributed by atoms with Crippen LogP contribution in [0.5, 0.6) is 0 Å². The van der Waals surface area contributed by atoms with Gasteiger partial charge in [0.25, 0.3) is 5.91 Å². The fraction of sp³-hybridized carbons (Fsp3) is 0.375. The van der Waals surface area contributed by atoms with Crippen LogP contribution in [-0.4, -0.2) is 26.9 Å². The normalized spacial score (nSPS) is 21.5. The van der Waals surface area contributed by atoms with Gasteiger partial charge < -0.3 is 9.47 Å². The predicted molar refractivity (Wildman–Crippen MR) is 82.6 cm³/mol. The number of hydrogen-bond donors (Lipinski definition) is 0. The van der Waals surface area contributed by atoms with Gasteiger partial charge in [0, 0.05) is 17.2 Å². The van der Waals surface area contributed by atoms with Gasteiger partial charge in [0.2, 0.25) is 0 Å². The average Bonchev–Trinajstić information content (AvgIpc) is 3.17. The maximum Gasteiger partial charge on any atom is 0.250 e. The standard InChI is InChI=1S/C16H16BrN3O/c17-13-5-3-12(4-6-13)15-16(21)19(8-11-1-2-11)9-14-7-18-10-20(14)15/h3-7,10-11,15H,1-2,8-9H2. The van der Waals surface area contributed by atoms with E-state index in [9.17, 15) is 4.79 Å². The van der Waals surface area contributed by atoms with Crippen molar-refractivity contribution in [3.8, 4) is 0 Å². The van der Waals surface area contributed by atoms with Gasteiger partial charge in [-0.3, -0.25) is 4.79 Å². The van der Waals surface area contributed by atoms with Gasteiger partial charge in [-0.05, 0) is 36.5 Å². The molecule has 108 valence electrons. The van der Waals surface area contributed by atoms with E-state index in [1.165, 1.54) is 12.8 Å². The molecule has 1 unspecified atom stereocenters. The number of fused-ring (bicyclic) bond motifs is 1. The van der Waals surface area contributed by atoms with Crippen LogP contribution in [0.1, 0.15) is 30.1 Å². The topological polar surface area (TPSA) is 38.1 Å². The second kappa shape index (κ2) is 4.98. The van der Waals surface area contributed by atoms with E-state index < -0.39 is 0 Å². The number of halogens is 1. The Bertz CT molecular complexity index is 675. The van der Waals surface area contributed by atoms with Gasteiger partial charge in [0.15, 0.2) is 0 Å². The second-order valence-electron chi connectivity index (χ2n) is 5.91. The summed E-state index contributed by atoms with van der Waals surface area (Å²) in [5.41, 5.74) is 2.13. The SMILES string of the molecule is O=C1C(c2ccc(Br)cc2)n2cncc2CN1CC1CC1. The first kappa shape index (κ1) is 13.1. The Morgan fingerprint density at radius 1 is 1.24 bits per heavy atom. The molecule has 0 radical (unpaired) electrons. The van der Waals surface area contributed by atoms with Crippen LogP contribution < -0.4 is 0 Å². The summed E-state index contributed by atoms with van der Waals surface area (Å²) in [6, 6.07) is 7.72. The molecule has 1 fully saturated rings. The molecule has 2 aliphatic rings. The number of hydrogen-bond acceptors (Lipinski definition) is 2. The summed E-state index contributed by atoms with van der Waals surface area (Å²) in [5.74, 6) is 0.892. The molecule has 1 atom stereocenters. The van der Waals surface area contributed by atoms with Crippen LogP contribution in [0.4, 0.5) is 0 Å². The van der Waals surface area contributed by atoms with E-state index in [0.29, 0.717) is 12.5 Å². The maximum atomic E-state index is 12.9. The Hall–Kier alpha value is -1.62. The van der Waals surface area contributed by atoms with Gasteiger partial charge in [-0.15, -0.1) is 0 Å². The van der Waals surface area contributed by atoms with E-state index in [2.05, 4.69) is 20.9 Å². The molecule has 1 aliphatic heterocycles. The first-order valence-corrected chi connectivity index (χ1v) is 8.06. The number of benzene rings is 1. The first-order valence-electron chi connectivity index (χ1n) is 7.27.